The van der Waals surface area contributed by atoms with Crippen LogP contribution in [0.5, 0.6) is 0 Å². The van der Waals surface area contributed by atoms with Crippen LogP contribution in [0.3, 0.4) is 0 Å². The van der Waals surface area contributed by atoms with Gasteiger partial charge in [-0.1, -0.05) is 54.1 Å². The predicted octanol–water partition coefficient (Wildman–Crippen LogP) is -0.123. The van der Waals surface area contributed by atoms with Crippen molar-refractivity contribution in [3.05, 3.63) is 76.6 Å². The molecule has 1 fully saturated rings. The third kappa shape index (κ3) is 4.18. The lowest BCUT2D eigenvalue weighted by molar-refractivity contribution is -1.02. The number of rotatable bonds is 5. The molecule has 1 atom stereocenters. The van der Waals surface area contributed by atoms with Gasteiger partial charge in [0, 0.05) is 10.6 Å². The van der Waals surface area contributed by atoms with Crippen LogP contribution in [0.25, 0.3) is 0 Å². The number of halogens is 1. The van der Waals surface area contributed by atoms with Crippen molar-refractivity contribution in [3.8, 4) is 0 Å². The largest absolute Gasteiger partial charge is 0.328 e. The van der Waals surface area contributed by atoms with E-state index in [1.807, 2.05) is 35.0 Å². The van der Waals surface area contributed by atoms with Gasteiger partial charge in [0.2, 0.25) is 5.82 Å². The van der Waals surface area contributed by atoms with Gasteiger partial charge in [0.1, 0.15) is 26.2 Å². The highest BCUT2D eigenvalue weighted by atomic mass is 35.5. The van der Waals surface area contributed by atoms with Gasteiger partial charge in [-0.25, -0.2) is 4.68 Å². The van der Waals surface area contributed by atoms with Gasteiger partial charge >= 0.3 is 0 Å². The van der Waals surface area contributed by atoms with Crippen LogP contribution in [0.15, 0.2) is 54.6 Å². The van der Waals surface area contributed by atoms with Crippen LogP contribution in [0, 0.1) is 0 Å². The summed E-state index contributed by atoms with van der Waals surface area (Å²) in [5.41, 5.74) is 2.40. The van der Waals surface area contributed by atoms with E-state index >= 15 is 0 Å². The molecule has 2 N–H and O–H groups in total. The van der Waals surface area contributed by atoms with Crippen molar-refractivity contribution in [1.82, 2.24) is 20.2 Å². The van der Waals surface area contributed by atoms with Gasteiger partial charge in [-0.2, -0.15) is 0 Å². The standard InChI is InChI=1S/C20H23ClN6/c1-25-11-13-26(14-12-25)19(17-7-9-18(21)10-8-17)20-22-23-24-27(20)15-16-5-3-2-4-6-16/h2-10,19H,11-15H2,1H3/p+2/t19-/m0/s1. The first-order chi connectivity index (χ1) is 13.2. The Hall–Kier alpha value is -2.28. The molecule has 0 spiro atoms. The first-order valence-corrected chi connectivity index (χ1v) is 9.80. The molecule has 6 nitrogen and oxygen atoms in total. The summed E-state index contributed by atoms with van der Waals surface area (Å²) in [5, 5.41) is 13.5. The van der Waals surface area contributed by atoms with E-state index in [-0.39, 0.29) is 6.04 Å². The molecular weight excluding hydrogens is 360 g/mol. The summed E-state index contributed by atoms with van der Waals surface area (Å²) in [6.07, 6.45) is 0. The number of likely N-dealkylation sites (N-methyl/N-ethyl adjacent to an activating group) is 1. The van der Waals surface area contributed by atoms with Gasteiger partial charge in [0.05, 0.1) is 13.6 Å². The van der Waals surface area contributed by atoms with Crippen LogP contribution in [0.1, 0.15) is 23.0 Å². The van der Waals surface area contributed by atoms with Crippen molar-refractivity contribution in [3.63, 3.8) is 0 Å². The van der Waals surface area contributed by atoms with Crippen LogP contribution in [-0.2, 0) is 6.54 Å². The molecule has 2 aromatic carbocycles. The topological polar surface area (TPSA) is 52.5 Å². The van der Waals surface area contributed by atoms with E-state index in [4.69, 9.17) is 11.6 Å². The van der Waals surface area contributed by atoms with Gasteiger partial charge in [-0.3, -0.25) is 0 Å². The highest BCUT2D eigenvalue weighted by Gasteiger charge is 2.34. The van der Waals surface area contributed by atoms with E-state index < -0.39 is 0 Å². The molecule has 27 heavy (non-hydrogen) atoms. The van der Waals surface area contributed by atoms with Gasteiger partial charge in [0.15, 0.2) is 6.04 Å². The molecule has 0 bridgehead atoms. The zero-order chi connectivity index (χ0) is 18.6. The highest BCUT2D eigenvalue weighted by Crippen LogP contribution is 2.20. The normalized spacial score (nSPS) is 21.1. The second-order valence-corrected chi connectivity index (χ2v) is 7.72. The predicted molar refractivity (Wildman–Crippen MR) is 104 cm³/mol. The van der Waals surface area contributed by atoms with Gasteiger partial charge < -0.3 is 9.80 Å². The maximum absolute atomic E-state index is 6.13. The molecule has 0 aliphatic carbocycles. The van der Waals surface area contributed by atoms with Gasteiger partial charge in [-0.15, -0.1) is 5.10 Å². The fourth-order valence-electron chi connectivity index (χ4n) is 3.80. The summed E-state index contributed by atoms with van der Waals surface area (Å²) < 4.78 is 1.94. The van der Waals surface area contributed by atoms with Crippen LogP contribution in [-0.4, -0.2) is 53.4 Å². The summed E-state index contributed by atoms with van der Waals surface area (Å²) >= 11 is 6.13. The second kappa shape index (κ2) is 8.17. The molecule has 0 amide bonds. The SMILES string of the molecule is C[NH+]1CC[NH+]([C@@H](c2ccc(Cl)cc2)c2nnnn2Cc2ccccc2)CC1. The van der Waals surface area contributed by atoms with E-state index in [0.29, 0.717) is 6.54 Å². The van der Waals surface area contributed by atoms with E-state index in [9.17, 15) is 0 Å². The zero-order valence-electron chi connectivity index (χ0n) is 15.5. The second-order valence-electron chi connectivity index (χ2n) is 7.28. The molecule has 1 aliphatic heterocycles. The van der Waals surface area contributed by atoms with E-state index in [0.717, 1.165) is 37.0 Å². The summed E-state index contributed by atoms with van der Waals surface area (Å²) in [7, 11) is 2.26. The number of tetrazole rings is 1. The molecule has 0 saturated carbocycles. The molecule has 140 valence electrons. The van der Waals surface area contributed by atoms with Crippen molar-refractivity contribution in [2.45, 2.75) is 12.6 Å². The zero-order valence-corrected chi connectivity index (χ0v) is 16.2. The third-order valence-electron chi connectivity index (χ3n) is 5.35. The molecule has 3 aromatic rings. The van der Waals surface area contributed by atoms with E-state index in [1.54, 1.807) is 4.90 Å². The number of quaternary nitrogens is 2. The van der Waals surface area contributed by atoms with Crippen LogP contribution in [0.2, 0.25) is 5.02 Å². The molecule has 1 aliphatic rings. The Morgan fingerprint density at radius 3 is 2.41 bits per heavy atom. The number of hydrogen-bond donors (Lipinski definition) is 2. The smallest absolute Gasteiger partial charge is 0.214 e. The van der Waals surface area contributed by atoms with Crippen molar-refractivity contribution < 1.29 is 9.80 Å². The van der Waals surface area contributed by atoms with Crippen molar-refractivity contribution in [1.29, 1.82) is 0 Å². The average molecular weight is 385 g/mol. The molecule has 0 unspecified atom stereocenters. The maximum atomic E-state index is 6.13. The molecular formula is C20H25ClN6+2. The van der Waals surface area contributed by atoms with E-state index in [2.05, 4.69) is 46.8 Å². The van der Waals surface area contributed by atoms with Crippen molar-refractivity contribution in [2.75, 3.05) is 33.2 Å². The Kier molecular flexibility index (Phi) is 5.48. The Labute approximate surface area is 164 Å². The number of piperazine rings is 1. The Morgan fingerprint density at radius 1 is 1.00 bits per heavy atom. The number of hydrogen-bond acceptors (Lipinski definition) is 3. The maximum Gasteiger partial charge on any atom is 0.214 e. The minimum Gasteiger partial charge on any atom is -0.328 e. The fourth-order valence-corrected chi connectivity index (χ4v) is 3.92. The van der Waals surface area contributed by atoms with Crippen molar-refractivity contribution in [2.24, 2.45) is 0 Å². The van der Waals surface area contributed by atoms with Gasteiger partial charge in [-0.05, 0) is 28.1 Å². The minimum atomic E-state index is 0.106. The van der Waals surface area contributed by atoms with Crippen LogP contribution < -0.4 is 9.80 Å². The van der Waals surface area contributed by atoms with Crippen LogP contribution in [0.4, 0.5) is 0 Å². The first-order valence-electron chi connectivity index (χ1n) is 9.42. The number of nitrogens with zero attached hydrogens (tertiary/aromatic N) is 4. The number of nitrogens with one attached hydrogen (secondary N) is 2. The van der Waals surface area contributed by atoms with Gasteiger partial charge in [0.25, 0.3) is 0 Å². The monoisotopic (exact) mass is 384 g/mol. The Morgan fingerprint density at radius 2 is 1.70 bits per heavy atom. The fraction of sp³-hybridized carbons (Fsp3) is 0.350. The lowest BCUT2D eigenvalue weighted by Gasteiger charge is -2.32. The Bertz CT molecular complexity index is 856. The number of benzene rings is 2. The quantitative estimate of drug-likeness (QED) is 0.644. The molecule has 2 heterocycles. The van der Waals surface area contributed by atoms with Crippen molar-refractivity contribution >= 4 is 11.6 Å². The molecule has 1 saturated heterocycles. The summed E-state index contributed by atoms with van der Waals surface area (Å²) in [5.74, 6) is 0.913. The van der Waals surface area contributed by atoms with E-state index in [1.165, 1.54) is 16.0 Å². The average Bonchev–Trinajstić information content (AvgIpc) is 3.13. The lowest BCUT2D eigenvalue weighted by Crippen LogP contribution is -3.27. The van der Waals surface area contributed by atoms with Crippen LogP contribution >= 0.6 is 11.6 Å². The Balaban J connectivity index is 1.69. The summed E-state index contributed by atoms with van der Waals surface area (Å²) in [6, 6.07) is 18.6. The summed E-state index contributed by atoms with van der Waals surface area (Å²) in [6.45, 7) is 5.17. The molecule has 7 heteroatoms. The minimum absolute atomic E-state index is 0.106. The lowest BCUT2D eigenvalue weighted by atomic mass is 10.0. The third-order valence-corrected chi connectivity index (χ3v) is 5.60. The number of aromatic nitrogens is 4. The molecule has 4 rings (SSSR count). The first kappa shape index (κ1) is 18.1. The summed E-state index contributed by atoms with van der Waals surface area (Å²) in [4.78, 5) is 3.09. The highest BCUT2D eigenvalue weighted by molar-refractivity contribution is 6.30. The molecule has 1 aromatic heterocycles. The molecule has 0 radical (unpaired) electrons.